The van der Waals surface area contributed by atoms with Crippen molar-refractivity contribution in [3.63, 3.8) is 0 Å². The molecule has 152 valence electrons. The number of hydrogen-bond donors (Lipinski definition) is 1. The molecule has 7 heteroatoms. The van der Waals surface area contributed by atoms with Crippen molar-refractivity contribution < 1.29 is 18.3 Å². The van der Waals surface area contributed by atoms with Gasteiger partial charge in [0.25, 0.3) is 0 Å². The number of nitrogens with zero attached hydrogens (tertiary/aromatic N) is 2. The van der Waals surface area contributed by atoms with Gasteiger partial charge in [-0.3, -0.25) is 0 Å². The Hall–Kier alpha value is -2.77. The SMILES string of the molecule is CN(C)S(=O)(=O)c1ccc2nc(-c3ccc(C(C)(C)C)cc3)cc(C(=O)O)c2c1. The number of carbonyl (C=O) groups is 1. The Bertz CT molecular complexity index is 1190. The molecule has 0 fully saturated rings. The van der Waals surface area contributed by atoms with Crippen LogP contribution in [0.1, 0.15) is 36.7 Å². The minimum absolute atomic E-state index is 0.00982. The topological polar surface area (TPSA) is 87.6 Å². The van der Waals surface area contributed by atoms with E-state index in [1.54, 1.807) is 6.07 Å². The Morgan fingerprint density at radius 3 is 2.14 bits per heavy atom. The van der Waals surface area contributed by atoms with Crippen LogP contribution in [0.15, 0.2) is 53.4 Å². The quantitative estimate of drug-likeness (QED) is 0.696. The van der Waals surface area contributed by atoms with E-state index in [2.05, 4.69) is 25.8 Å². The number of aromatic nitrogens is 1. The molecule has 0 bridgehead atoms. The Kier molecular flexibility index (Phi) is 5.23. The molecule has 6 nitrogen and oxygen atoms in total. The zero-order valence-electron chi connectivity index (χ0n) is 17.1. The molecule has 29 heavy (non-hydrogen) atoms. The summed E-state index contributed by atoms with van der Waals surface area (Å²) in [6, 6.07) is 13.7. The van der Waals surface area contributed by atoms with E-state index in [1.165, 1.54) is 37.9 Å². The van der Waals surface area contributed by atoms with Crippen molar-refractivity contribution in [1.82, 2.24) is 9.29 Å². The van der Waals surface area contributed by atoms with Gasteiger partial charge in [0.15, 0.2) is 0 Å². The monoisotopic (exact) mass is 412 g/mol. The first-order valence-electron chi connectivity index (χ1n) is 9.13. The second-order valence-corrected chi connectivity index (χ2v) is 10.3. The number of aromatic carboxylic acids is 1. The van der Waals surface area contributed by atoms with E-state index in [-0.39, 0.29) is 21.3 Å². The van der Waals surface area contributed by atoms with Gasteiger partial charge < -0.3 is 5.11 Å². The lowest BCUT2D eigenvalue weighted by Crippen LogP contribution is -2.22. The average Bonchev–Trinajstić information content (AvgIpc) is 2.65. The normalized spacial score (nSPS) is 12.5. The van der Waals surface area contributed by atoms with Crippen LogP contribution in [0.5, 0.6) is 0 Å². The summed E-state index contributed by atoms with van der Waals surface area (Å²) in [5.41, 5.74) is 2.94. The first-order valence-corrected chi connectivity index (χ1v) is 10.6. The number of pyridine rings is 1. The van der Waals surface area contributed by atoms with Crippen molar-refractivity contribution in [3.8, 4) is 11.3 Å². The van der Waals surface area contributed by atoms with Gasteiger partial charge in [-0.1, -0.05) is 45.0 Å². The van der Waals surface area contributed by atoms with E-state index in [0.717, 1.165) is 9.87 Å². The van der Waals surface area contributed by atoms with Crippen LogP contribution < -0.4 is 0 Å². The van der Waals surface area contributed by atoms with Crippen LogP contribution in [0.4, 0.5) is 0 Å². The molecular weight excluding hydrogens is 388 g/mol. The smallest absolute Gasteiger partial charge is 0.336 e. The highest BCUT2D eigenvalue weighted by Crippen LogP contribution is 2.29. The highest BCUT2D eigenvalue weighted by molar-refractivity contribution is 7.89. The molecule has 0 aliphatic rings. The van der Waals surface area contributed by atoms with Crippen molar-refractivity contribution in [2.75, 3.05) is 14.1 Å². The summed E-state index contributed by atoms with van der Waals surface area (Å²) in [6.07, 6.45) is 0. The standard InChI is InChI=1S/C22H24N2O4S/c1-22(2,3)15-8-6-14(7-9-15)20-13-18(21(25)26)17-12-16(10-11-19(17)23-20)29(27,28)24(4)5/h6-13H,1-5H3,(H,25,26). The second-order valence-electron chi connectivity index (χ2n) is 8.15. The highest BCUT2D eigenvalue weighted by atomic mass is 32.2. The maximum atomic E-state index is 12.4. The molecule has 0 aliphatic carbocycles. The molecule has 3 aromatic rings. The van der Waals surface area contributed by atoms with E-state index < -0.39 is 16.0 Å². The Morgan fingerprint density at radius 1 is 1.00 bits per heavy atom. The van der Waals surface area contributed by atoms with Crippen LogP contribution in [0.3, 0.4) is 0 Å². The number of benzene rings is 2. The first-order chi connectivity index (χ1) is 13.4. The molecule has 0 atom stereocenters. The van der Waals surface area contributed by atoms with E-state index >= 15 is 0 Å². The van der Waals surface area contributed by atoms with E-state index in [9.17, 15) is 18.3 Å². The number of hydrogen-bond acceptors (Lipinski definition) is 4. The maximum Gasteiger partial charge on any atom is 0.336 e. The van der Waals surface area contributed by atoms with Crippen molar-refractivity contribution in [2.45, 2.75) is 31.1 Å². The lowest BCUT2D eigenvalue weighted by Gasteiger charge is -2.19. The fourth-order valence-corrected chi connectivity index (χ4v) is 3.97. The summed E-state index contributed by atoms with van der Waals surface area (Å²) in [4.78, 5) is 16.5. The van der Waals surface area contributed by atoms with Crippen LogP contribution in [0, 0.1) is 0 Å². The Labute approximate surface area is 170 Å². The van der Waals surface area contributed by atoms with Crippen LogP contribution in [0.25, 0.3) is 22.2 Å². The molecule has 0 saturated carbocycles. The van der Waals surface area contributed by atoms with Gasteiger partial charge in [-0.2, -0.15) is 0 Å². The molecule has 0 saturated heterocycles. The molecule has 0 aliphatic heterocycles. The summed E-state index contributed by atoms with van der Waals surface area (Å²) in [7, 11) is -0.818. The molecule has 0 radical (unpaired) electrons. The summed E-state index contributed by atoms with van der Waals surface area (Å²) in [5, 5.41) is 10.0. The van der Waals surface area contributed by atoms with Gasteiger partial charge in [-0.05, 0) is 35.2 Å². The number of rotatable bonds is 4. The number of carboxylic acids is 1. The zero-order chi connectivity index (χ0) is 21.6. The number of sulfonamides is 1. The van der Waals surface area contributed by atoms with Crippen LogP contribution >= 0.6 is 0 Å². The van der Waals surface area contributed by atoms with E-state index in [0.29, 0.717) is 11.2 Å². The van der Waals surface area contributed by atoms with Gasteiger partial charge in [0.05, 0.1) is 21.7 Å². The summed E-state index contributed by atoms with van der Waals surface area (Å²) in [5.74, 6) is -1.13. The van der Waals surface area contributed by atoms with E-state index in [1.807, 2.05) is 24.3 Å². The Morgan fingerprint density at radius 2 is 1.62 bits per heavy atom. The molecular formula is C22H24N2O4S. The van der Waals surface area contributed by atoms with E-state index in [4.69, 9.17) is 0 Å². The van der Waals surface area contributed by atoms with Crippen molar-refractivity contribution in [2.24, 2.45) is 0 Å². The summed E-state index contributed by atoms with van der Waals surface area (Å²) < 4.78 is 25.9. The lowest BCUT2D eigenvalue weighted by molar-refractivity contribution is 0.0699. The summed E-state index contributed by atoms with van der Waals surface area (Å²) >= 11 is 0. The predicted octanol–water partition coefficient (Wildman–Crippen LogP) is 4.15. The predicted molar refractivity (Wildman–Crippen MR) is 114 cm³/mol. The maximum absolute atomic E-state index is 12.4. The third-order valence-electron chi connectivity index (χ3n) is 4.84. The molecule has 0 amide bonds. The molecule has 1 aromatic heterocycles. The molecule has 1 heterocycles. The fraction of sp³-hybridized carbons (Fsp3) is 0.273. The van der Waals surface area contributed by atoms with Crippen molar-refractivity contribution in [3.05, 3.63) is 59.7 Å². The largest absolute Gasteiger partial charge is 0.478 e. The van der Waals surface area contributed by atoms with Crippen LogP contribution in [-0.4, -0.2) is 42.9 Å². The molecule has 1 N–H and O–H groups in total. The fourth-order valence-electron chi connectivity index (χ4n) is 3.04. The van der Waals surface area contributed by atoms with Gasteiger partial charge >= 0.3 is 5.97 Å². The van der Waals surface area contributed by atoms with Crippen LogP contribution in [0.2, 0.25) is 0 Å². The lowest BCUT2D eigenvalue weighted by atomic mass is 9.86. The molecule has 0 spiro atoms. The first kappa shape index (κ1) is 21.0. The molecule has 3 rings (SSSR count). The van der Waals surface area contributed by atoms with Crippen molar-refractivity contribution >= 4 is 26.9 Å². The van der Waals surface area contributed by atoms with Gasteiger partial charge in [-0.15, -0.1) is 0 Å². The average molecular weight is 413 g/mol. The van der Waals surface area contributed by atoms with Gasteiger partial charge in [0, 0.05) is 25.0 Å². The third-order valence-corrected chi connectivity index (χ3v) is 6.65. The second kappa shape index (κ2) is 7.24. The minimum Gasteiger partial charge on any atom is -0.478 e. The highest BCUT2D eigenvalue weighted by Gasteiger charge is 2.21. The van der Waals surface area contributed by atoms with Gasteiger partial charge in [0.2, 0.25) is 10.0 Å². The Balaban J connectivity index is 2.19. The van der Waals surface area contributed by atoms with Gasteiger partial charge in [0.1, 0.15) is 0 Å². The van der Waals surface area contributed by atoms with Crippen LogP contribution in [-0.2, 0) is 15.4 Å². The zero-order valence-corrected chi connectivity index (χ0v) is 17.9. The number of fused-ring (bicyclic) bond motifs is 1. The van der Waals surface area contributed by atoms with Gasteiger partial charge in [-0.25, -0.2) is 22.5 Å². The molecule has 0 unspecified atom stereocenters. The minimum atomic E-state index is -3.68. The van der Waals surface area contributed by atoms with Crippen molar-refractivity contribution in [1.29, 1.82) is 0 Å². The molecule has 2 aromatic carbocycles. The third kappa shape index (κ3) is 4.02. The number of carboxylic acid groups (broad SMARTS) is 1. The summed E-state index contributed by atoms with van der Waals surface area (Å²) in [6.45, 7) is 6.37.